The number of nitrogens with one attached hydrogen (secondary N) is 1. The number of rotatable bonds is 8. The number of nitrogens with zero attached hydrogens (tertiary/aromatic N) is 3. The molecule has 1 amide bonds. The average molecular weight is 434 g/mol. The smallest absolute Gasteiger partial charge is 0.220 e. The minimum atomic E-state index is -0.379. The summed E-state index contributed by atoms with van der Waals surface area (Å²) in [6.45, 7) is 4.21. The molecule has 1 atom stereocenters. The molecule has 158 valence electrons. The van der Waals surface area contributed by atoms with E-state index in [1.807, 2.05) is 54.9 Å². The van der Waals surface area contributed by atoms with E-state index in [9.17, 15) is 4.79 Å². The number of carbonyl (C=O) groups is 1. The fourth-order valence-corrected chi connectivity index (χ4v) is 3.97. The van der Waals surface area contributed by atoms with Gasteiger partial charge in [0.05, 0.1) is 40.5 Å². The van der Waals surface area contributed by atoms with Crippen LogP contribution in [0.2, 0.25) is 0 Å². The topological polar surface area (TPSA) is 103 Å². The van der Waals surface area contributed by atoms with Gasteiger partial charge in [-0.3, -0.25) is 4.79 Å². The van der Waals surface area contributed by atoms with Gasteiger partial charge in [-0.15, -0.1) is 11.3 Å². The molecule has 0 radical (unpaired) electrons. The van der Waals surface area contributed by atoms with E-state index in [-0.39, 0.29) is 25.0 Å². The number of aromatic nitrogens is 3. The Morgan fingerprint density at radius 1 is 1.19 bits per heavy atom. The highest BCUT2D eigenvalue weighted by Gasteiger charge is 2.11. The third-order valence-corrected chi connectivity index (χ3v) is 5.60. The normalized spacial score (nSPS) is 11.9. The average Bonchev–Trinajstić information content (AvgIpc) is 3.21. The van der Waals surface area contributed by atoms with Crippen LogP contribution < -0.4 is 15.8 Å². The third-order valence-electron chi connectivity index (χ3n) is 4.80. The lowest BCUT2D eigenvalue weighted by molar-refractivity contribution is -0.118. The summed E-state index contributed by atoms with van der Waals surface area (Å²) < 4.78 is 6.75. The Labute approximate surface area is 184 Å². The Hall–Kier alpha value is -3.52. The summed E-state index contributed by atoms with van der Waals surface area (Å²) in [6.07, 6.45) is 0.189. The molecule has 0 aliphatic rings. The monoisotopic (exact) mass is 433 g/mol. The van der Waals surface area contributed by atoms with Crippen LogP contribution in [0.15, 0.2) is 54.0 Å². The number of anilines is 1. The summed E-state index contributed by atoms with van der Waals surface area (Å²) in [5.74, 6) is 1.76. The van der Waals surface area contributed by atoms with E-state index in [2.05, 4.69) is 33.3 Å². The molecule has 2 aromatic heterocycles. The van der Waals surface area contributed by atoms with Crippen molar-refractivity contribution in [2.75, 3.05) is 11.9 Å². The van der Waals surface area contributed by atoms with Crippen molar-refractivity contribution in [3.05, 3.63) is 65.4 Å². The molecule has 0 bridgehead atoms. The highest BCUT2D eigenvalue weighted by Crippen LogP contribution is 2.28. The van der Waals surface area contributed by atoms with E-state index in [0.717, 1.165) is 32.9 Å². The zero-order valence-corrected chi connectivity index (χ0v) is 18.1. The van der Waals surface area contributed by atoms with Crippen LogP contribution in [0, 0.1) is 6.92 Å². The lowest BCUT2D eigenvalue weighted by atomic mass is 10.1. The minimum absolute atomic E-state index is 0.00850. The Balaban J connectivity index is 1.52. The SMILES string of the molecule is Cc1nc(NC(C)c2cccc(OCCC(N)=O)c2)cc(-c2ccc3ncsc3c2)n1. The summed E-state index contributed by atoms with van der Waals surface area (Å²) in [6, 6.07) is 15.9. The maximum absolute atomic E-state index is 10.9. The molecule has 0 aliphatic carbocycles. The molecule has 0 spiro atoms. The number of fused-ring (bicyclic) bond motifs is 1. The summed E-state index contributed by atoms with van der Waals surface area (Å²) in [5.41, 5.74) is 10.9. The van der Waals surface area contributed by atoms with Gasteiger partial charge in [-0.05, 0) is 43.7 Å². The van der Waals surface area contributed by atoms with Gasteiger partial charge in [0.1, 0.15) is 17.4 Å². The number of thiazole rings is 1. The van der Waals surface area contributed by atoms with E-state index in [1.54, 1.807) is 11.3 Å². The van der Waals surface area contributed by atoms with E-state index in [1.165, 1.54) is 0 Å². The first-order valence-corrected chi connectivity index (χ1v) is 10.8. The number of hydrogen-bond donors (Lipinski definition) is 2. The van der Waals surface area contributed by atoms with Crippen LogP contribution in [-0.4, -0.2) is 27.5 Å². The molecular weight excluding hydrogens is 410 g/mol. The Morgan fingerprint density at radius 3 is 2.90 bits per heavy atom. The molecule has 31 heavy (non-hydrogen) atoms. The summed E-state index contributed by atoms with van der Waals surface area (Å²) in [5, 5.41) is 3.45. The molecule has 4 rings (SSSR count). The van der Waals surface area contributed by atoms with Crippen LogP contribution in [0.3, 0.4) is 0 Å². The number of amides is 1. The number of primary amides is 1. The molecule has 0 saturated heterocycles. The largest absolute Gasteiger partial charge is 0.493 e. The fourth-order valence-electron chi connectivity index (χ4n) is 3.25. The molecule has 7 nitrogen and oxygen atoms in total. The van der Waals surface area contributed by atoms with Crippen molar-refractivity contribution < 1.29 is 9.53 Å². The first-order valence-electron chi connectivity index (χ1n) is 9.95. The summed E-state index contributed by atoms with van der Waals surface area (Å²) in [7, 11) is 0. The van der Waals surface area contributed by atoms with Crippen LogP contribution in [0.1, 0.15) is 30.8 Å². The van der Waals surface area contributed by atoms with Gasteiger partial charge in [0, 0.05) is 11.6 Å². The summed E-state index contributed by atoms with van der Waals surface area (Å²) in [4.78, 5) is 24.4. The minimum Gasteiger partial charge on any atom is -0.493 e. The number of carbonyl (C=O) groups excluding carboxylic acids is 1. The van der Waals surface area contributed by atoms with Gasteiger partial charge in [0.15, 0.2) is 0 Å². The molecule has 8 heteroatoms. The second-order valence-corrected chi connectivity index (χ2v) is 8.11. The highest BCUT2D eigenvalue weighted by molar-refractivity contribution is 7.16. The fraction of sp³-hybridized carbons (Fsp3) is 0.217. The van der Waals surface area contributed by atoms with Gasteiger partial charge >= 0.3 is 0 Å². The van der Waals surface area contributed by atoms with Gasteiger partial charge in [-0.2, -0.15) is 0 Å². The Morgan fingerprint density at radius 2 is 2.06 bits per heavy atom. The second kappa shape index (κ2) is 9.09. The maximum atomic E-state index is 10.9. The molecule has 2 aromatic carbocycles. The van der Waals surface area contributed by atoms with Crippen molar-refractivity contribution in [1.29, 1.82) is 0 Å². The zero-order chi connectivity index (χ0) is 21.8. The lowest BCUT2D eigenvalue weighted by Crippen LogP contribution is -2.14. The van der Waals surface area contributed by atoms with Crippen LogP contribution in [-0.2, 0) is 4.79 Å². The molecule has 0 aliphatic heterocycles. The van der Waals surface area contributed by atoms with Crippen LogP contribution in [0.5, 0.6) is 5.75 Å². The molecular formula is C23H23N5O2S. The number of benzene rings is 2. The van der Waals surface area contributed by atoms with E-state index >= 15 is 0 Å². The maximum Gasteiger partial charge on any atom is 0.220 e. The van der Waals surface area contributed by atoms with Gasteiger partial charge < -0.3 is 15.8 Å². The van der Waals surface area contributed by atoms with Crippen molar-refractivity contribution in [2.24, 2.45) is 5.73 Å². The van der Waals surface area contributed by atoms with E-state index in [0.29, 0.717) is 11.6 Å². The van der Waals surface area contributed by atoms with Crippen molar-refractivity contribution >= 4 is 33.3 Å². The predicted octanol–water partition coefficient (Wildman–Crippen LogP) is 4.49. The highest BCUT2D eigenvalue weighted by atomic mass is 32.1. The quantitative estimate of drug-likeness (QED) is 0.424. The van der Waals surface area contributed by atoms with E-state index < -0.39 is 0 Å². The Kier molecular flexibility index (Phi) is 6.08. The number of hydrogen-bond acceptors (Lipinski definition) is 7. The molecule has 0 saturated carbocycles. The predicted molar refractivity (Wildman–Crippen MR) is 123 cm³/mol. The van der Waals surface area contributed by atoms with Gasteiger partial charge in [-0.25, -0.2) is 15.0 Å². The van der Waals surface area contributed by atoms with Crippen LogP contribution >= 0.6 is 11.3 Å². The first-order chi connectivity index (χ1) is 15.0. The van der Waals surface area contributed by atoms with Crippen LogP contribution in [0.4, 0.5) is 5.82 Å². The molecule has 0 fully saturated rings. The summed E-state index contributed by atoms with van der Waals surface area (Å²) >= 11 is 1.61. The molecule has 2 heterocycles. The van der Waals surface area contributed by atoms with Gasteiger partial charge in [-0.1, -0.05) is 18.2 Å². The van der Waals surface area contributed by atoms with Gasteiger partial charge in [0.25, 0.3) is 0 Å². The second-order valence-electron chi connectivity index (χ2n) is 7.22. The molecule has 3 N–H and O–H groups in total. The standard InChI is InChI=1S/C23H23N5O2S/c1-14(16-4-3-5-18(10-16)30-9-8-22(24)29)26-23-12-20(27-15(2)28-23)17-6-7-19-21(11-17)31-13-25-19/h3-7,10-14H,8-9H2,1-2H3,(H2,24,29)(H,26,27,28). The lowest BCUT2D eigenvalue weighted by Gasteiger charge is -2.17. The first kappa shape index (κ1) is 20.7. The van der Waals surface area contributed by atoms with Crippen molar-refractivity contribution in [2.45, 2.75) is 26.3 Å². The number of nitrogens with two attached hydrogens (primary N) is 1. The van der Waals surface area contributed by atoms with Gasteiger partial charge in [0.2, 0.25) is 5.91 Å². The molecule has 4 aromatic rings. The van der Waals surface area contributed by atoms with Crippen molar-refractivity contribution in [3.8, 4) is 17.0 Å². The van der Waals surface area contributed by atoms with Crippen molar-refractivity contribution in [3.63, 3.8) is 0 Å². The number of aryl methyl sites for hydroxylation is 1. The van der Waals surface area contributed by atoms with Crippen LogP contribution in [0.25, 0.3) is 21.5 Å². The van der Waals surface area contributed by atoms with E-state index in [4.69, 9.17) is 10.5 Å². The van der Waals surface area contributed by atoms with Crippen molar-refractivity contribution in [1.82, 2.24) is 15.0 Å². The number of ether oxygens (including phenoxy) is 1. The zero-order valence-electron chi connectivity index (χ0n) is 17.3. The Bertz CT molecular complexity index is 1220. The third kappa shape index (κ3) is 5.16. The molecule has 1 unspecified atom stereocenters.